The molecule has 0 atom stereocenters. The lowest BCUT2D eigenvalue weighted by Crippen LogP contribution is -2.25. The van der Waals surface area contributed by atoms with Crippen LogP contribution in [0.1, 0.15) is 34.5 Å². The second-order valence-electron chi connectivity index (χ2n) is 5.69. The number of nitrogens with zero attached hydrogens (tertiary/aromatic N) is 2. The normalized spacial score (nSPS) is 11.3. The van der Waals surface area contributed by atoms with Crippen molar-refractivity contribution < 1.29 is 5.11 Å². The van der Waals surface area contributed by atoms with Gasteiger partial charge in [-0.05, 0) is 32.8 Å². The largest absolute Gasteiger partial charge is 0.396 e. The van der Waals surface area contributed by atoms with Gasteiger partial charge in [-0.3, -0.25) is 10.00 Å². The summed E-state index contributed by atoms with van der Waals surface area (Å²) < 4.78 is 0. The molecule has 21 heavy (non-hydrogen) atoms. The van der Waals surface area contributed by atoms with E-state index in [1.54, 1.807) is 0 Å². The molecule has 4 heteroatoms. The van der Waals surface area contributed by atoms with Gasteiger partial charge in [-0.1, -0.05) is 29.8 Å². The highest BCUT2D eigenvalue weighted by Crippen LogP contribution is 2.15. The van der Waals surface area contributed by atoms with Crippen LogP contribution < -0.4 is 0 Å². The van der Waals surface area contributed by atoms with Gasteiger partial charge in [0, 0.05) is 37.5 Å². The van der Waals surface area contributed by atoms with E-state index in [9.17, 15) is 0 Å². The number of aromatic amines is 1. The molecule has 0 saturated heterocycles. The van der Waals surface area contributed by atoms with Gasteiger partial charge in [0.25, 0.3) is 0 Å². The van der Waals surface area contributed by atoms with Crippen molar-refractivity contribution in [2.24, 2.45) is 0 Å². The second-order valence-corrected chi connectivity index (χ2v) is 5.69. The van der Waals surface area contributed by atoms with Crippen LogP contribution in [0.15, 0.2) is 24.3 Å². The Bertz CT molecular complexity index is 540. The lowest BCUT2D eigenvalue weighted by molar-refractivity contribution is 0.212. The lowest BCUT2D eigenvalue weighted by Gasteiger charge is -2.22. The maximum atomic E-state index is 9.11. The van der Waals surface area contributed by atoms with Gasteiger partial charge in [0.1, 0.15) is 0 Å². The summed E-state index contributed by atoms with van der Waals surface area (Å²) in [7, 11) is 0. The molecule has 1 aromatic carbocycles. The zero-order chi connectivity index (χ0) is 15.2. The molecule has 0 spiro atoms. The first kappa shape index (κ1) is 15.7. The smallest absolute Gasteiger partial charge is 0.0639 e. The number of aliphatic hydroxyl groups is 1. The Hall–Kier alpha value is -1.65. The van der Waals surface area contributed by atoms with Gasteiger partial charge in [-0.25, -0.2) is 0 Å². The predicted octanol–water partition coefficient (Wildman–Crippen LogP) is 2.72. The van der Waals surface area contributed by atoms with Crippen molar-refractivity contribution >= 4 is 0 Å². The fourth-order valence-electron chi connectivity index (χ4n) is 2.49. The summed E-state index contributed by atoms with van der Waals surface area (Å²) in [6.07, 6.45) is 0.793. The number of H-pyrrole nitrogens is 1. The van der Waals surface area contributed by atoms with Gasteiger partial charge in [0.15, 0.2) is 0 Å². The molecule has 0 fully saturated rings. The Balaban J connectivity index is 2.08. The highest BCUT2D eigenvalue weighted by molar-refractivity contribution is 5.24. The summed E-state index contributed by atoms with van der Waals surface area (Å²) in [4.78, 5) is 2.37. The van der Waals surface area contributed by atoms with E-state index in [1.165, 1.54) is 16.7 Å². The zero-order valence-electron chi connectivity index (χ0n) is 13.2. The van der Waals surface area contributed by atoms with Crippen LogP contribution in [0, 0.1) is 20.8 Å². The second kappa shape index (κ2) is 7.38. The van der Waals surface area contributed by atoms with E-state index in [0.717, 1.165) is 37.4 Å². The van der Waals surface area contributed by atoms with Crippen LogP contribution >= 0.6 is 0 Å². The first-order chi connectivity index (χ1) is 10.1. The topological polar surface area (TPSA) is 52.1 Å². The lowest BCUT2D eigenvalue weighted by atomic mass is 10.1. The Kier molecular flexibility index (Phi) is 5.53. The number of nitrogens with one attached hydrogen (secondary N) is 1. The molecule has 0 saturated carbocycles. The van der Waals surface area contributed by atoms with Crippen molar-refractivity contribution in [3.05, 3.63) is 52.3 Å². The number of aryl methyl sites for hydroxylation is 3. The summed E-state index contributed by atoms with van der Waals surface area (Å²) in [6.45, 7) is 9.07. The van der Waals surface area contributed by atoms with E-state index >= 15 is 0 Å². The summed E-state index contributed by atoms with van der Waals surface area (Å²) in [5.74, 6) is 0. The van der Waals surface area contributed by atoms with Crippen molar-refractivity contribution in [2.75, 3.05) is 13.2 Å². The van der Waals surface area contributed by atoms with Gasteiger partial charge in [-0.15, -0.1) is 0 Å². The number of hydrogen-bond donors (Lipinski definition) is 2. The highest BCUT2D eigenvalue weighted by atomic mass is 16.3. The van der Waals surface area contributed by atoms with Gasteiger partial charge in [-0.2, -0.15) is 5.10 Å². The average molecular weight is 287 g/mol. The van der Waals surface area contributed by atoms with Crippen molar-refractivity contribution in [2.45, 2.75) is 40.3 Å². The van der Waals surface area contributed by atoms with Gasteiger partial charge in [0.05, 0.1) is 5.69 Å². The molecule has 0 amide bonds. The molecule has 0 radical (unpaired) electrons. The molecule has 0 aliphatic carbocycles. The van der Waals surface area contributed by atoms with E-state index in [2.05, 4.69) is 53.2 Å². The maximum absolute atomic E-state index is 9.11. The molecule has 2 rings (SSSR count). The quantitative estimate of drug-likeness (QED) is 0.823. The third-order valence-electron chi connectivity index (χ3n) is 3.82. The minimum absolute atomic E-state index is 0.230. The molecule has 0 aliphatic rings. The fraction of sp³-hybridized carbons (Fsp3) is 0.471. The first-order valence-electron chi connectivity index (χ1n) is 7.49. The summed E-state index contributed by atoms with van der Waals surface area (Å²) in [5.41, 5.74) is 6.04. The minimum atomic E-state index is 0.230. The zero-order valence-corrected chi connectivity index (χ0v) is 13.2. The molecule has 114 valence electrons. The Morgan fingerprint density at radius 1 is 1.10 bits per heavy atom. The minimum Gasteiger partial charge on any atom is -0.396 e. The number of benzene rings is 1. The van der Waals surface area contributed by atoms with Crippen molar-refractivity contribution in [3.63, 3.8) is 0 Å². The van der Waals surface area contributed by atoms with Crippen LogP contribution in [-0.4, -0.2) is 33.4 Å². The van der Waals surface area contributed by atoms with Crippen molar-refractivity contribution in [3.8, 4) is 0 Å². The van der Waals surface area contributed by atoms with Gasteiger partial charge >= 0.3 is 0 Å². The van der Waals surface area contributed by atoms with E-state index in [0.29, 0.717) is 0 Å². The summed E-state index contributed by atoms with van der Waals surface area (Å²) >= 11 is 0. The van der Waals surface area contributed by atoms with Crippen LogP contribution in [0.3, 0.4) is 0 Å². The molecule has 4 nitrogen and oxygen atoms in total. The molecule has 0 bridgehead atoms. The van der Waals surface area contributed by atoms with Crippen LogP contribution in [-0.2, 0) is 13.1 Å². The number of aliphatic hydroxyl groups excluding tert-OH is 1. The SMILES string of the molecule is Cc1ccc(CN(CCCO)Cc2c(C)n[nH]c2C)cc1. The predicted molar refractivity (Wildman–Crippen MR) is 85.1 cm³/mol. The molecule has 0 aliphatic heterocycles. The van der Waals surface area contributed by atoms with Crippen LogP contribution in [0.4, 0.5) is 0 Å². The Morgan fingerprint density at radius 2 is 1.81 bits per heavy atom. The standard InChI is InChI=1S/C17H25N3O/c1-13-5-7-16(8-6-13)11-20(9-4-10-21)12-17-14(2)18-19-15(17)3/h5-8,21H,4,9-12H2,1-3H3,(H,18,19). The monoisotopic (exact) mass is 287 g/mol. The maximum Gasteiger partial charge on any atom is 0.0639 e. The van der Waals surface area contributed by atoms with Crippen LogP contribution in [0.25, 0.3) is 0 Å². The van der Waals surface area contributed by atoms with Crippen molar-refractivity contribution in [1.82, 2.24) is 15.1 Å². The molecule has 1 heterocycles. The third kappa shape index (κ3) is 4.41. The molecule has 0 unspecified atom stereocenters. The van der Waals surface area contributed by atoms with Crippen molar-refractivity contribution in [1.29, 1.82) is 0 Å². The fourth-order valence-corrected chi connectivity index (χ4v) is 2.49. The average Bonchev–Trinajstić information content (AvgIpc) is 2.79. The molecular formula is C17H25N3O. The van der Waals surface area contributed by atoms with E-state index in [4.69, 9.17) is 5.11 Å². The van der Waals surface area contributed by atoms with Crippen LogP contribution in [0.2, 0.25) is 0 Å². The number of hydrogen-bond acceptors (Lipinski definition) is 3. The number of rotatable bonds is 7. The van der Waals surface area contributed by atoms with Crippen LogP contribution in [0.5, 0.6) is 0 Å². The molecule has 2 aromatic rings. The van der Waals surface area contributed by atoms with Gasteiger partial charge in [0.2, 0.25) is 0 Å². The summed E-state index contributed by atoms with van der Waals surface area (Å²) in [6, 6.07) is 8.65. The first-order valence-corrected chi connectivity index (χ1v) is 7.49. The molecule has 2 N–H and O–H groups in total. The van der Waals surface area contributed by atoms with E-state index in [1.807, 2.05) is 6.92 Å². The Labute approximate surface area is 126 Å². The molecular weight excluding hydrogens is 262 g/mol. The molecule has 1 aromatic heterocycles. The number of aromatic nitrogens is 2. The van der Waals surface area contributed by atoms with E-state index in [-0.39, 0.29) is 6.61 Å². The van der Waals surface area contributed by atoms with E-state index < -0.39 is 0 Å². The highest BCUT2D eigenvalue weighted by Gasteiger charge is 2.12. The third-order valence-corrected chi connectivity index (χ3v) is 3.82. The van der Waals surface area contributed by atoms with Gasteiger partial charge < -0.3 is 5.11 Å². The summed E-state index contributed by atoms with van der Waals surface area (Å²) in [5, 5.41) is 16.4. The Morgan fingerprint density at radius 3 is 2.38 bits per heavy atom.